The number of carbonyl (C=O) groups is 3. The third kappa shape index (κ3) is 13.5. The SMILES string of the molecule is C#CC(C)Oc1cc(N2C(=O)C3=C(CCCC3)C2=O)c(F)cc1Cl.CCNc1nc(Cl)nc(NC(C)(C)C)n1.O=C(O)CNCP(=O)(O)O. The number of nitrogens with one attached hydrogen (secondary N) is 3. The molecule has 49 heavy (non-hydrogen) atoms. The lowest BCUT2D eigenvalue weighted by Crippen LogP contribution is -2.32. The molecule has 4 rings (SSSR count). The molecule has 0 radical (unpaired) electrons. The van der Waals surface area contributed by atoms with Crippen molar-refractivity contribution < 1.29 is 43.0 Å². The van der Waals surface area contributed by atoms with E-state index in [1.807, 2.05) is 27.7 Å². The van der Waals surface area contributed by atoms with Gasteiger partial charge in [-0.2, -0.15) is 15.0 Å². The van der Waals surface area contributed by atoms with Crippen LogP contribution in [0.1, 0.15) is 60.3 Å². The van der Waals surface area contributed by atoms with Gasteiger partial charge in [0.25, 0.3) is 11.8 Å². The van der Waals surface area contributed by atoms with Crippen LogP contribution in [0.15, 0.2) is 23.3 Å². The lowest BCUT2D eigenvalue weighted by atomic mass is 9.93. The highest BCUT2D eigenvalue weighted by molar-refractivity contribution is 7.51. The Bertz CT molecular complexity index is 1630. The van der Waals surface area contributed by atoms with Crippen LogP contribution in [-0.4, -0.2) is 78.6 Å². The molecule has 2 amide bonds. The van der Waals surface area contributed by atoms with Gasteiger partial charge in [0.05, 0.1) is 23.5 Å². The molecular weight excluding hydrogens is 707 g/mol. The van der Waals surface area contributed by atoms with Crippen LogP contribution >= 0.6 is 30.8 Å². The minimum atomic E-state index is -4.10. The quantitative estimate of drug-likeness (QED) is 0.111. The van der Waals surface area contributed by atoms with Crippen molar-refractivity contribution in [1.29, 1.82) is 0 Å². The minimum Gasteiger partial charge on any atom is -0.480 e. The molecule has 1 atom stereocenters. The molecule has 1 aliphatic heterocycles. The van der Waals surface area contributed by atoms with E-state index in [9.17, 15) is 23.3 Å². The van der Waals surface area contributed by atoms with Gasteiger partial charge in [0.2, 0.25) is 17.2 Å². The highest BCUT2D eigenvalue weighted by Gasteiger charge is 2.41. The molecule has 1 unspecified atom stereocenters. The third-order valence-electron chi connectivity index (χ3n) is 6.19. The van der Waals surface area contributed by atoms with Crippen molar-refractivity contribution in [1.82, 2.24) is 20.3 Å². The molecule has 19 heteroatoms. The fraction of sp³-hybridized carbons (Fsp3) is 0.467. The number of carbonyl (C=O) groups excluding carboxylic acids is 2. The number of nitrogens with zero attached hydrogens (tertiary/aromatic N) is 4. The molecule has 2 aromatic rings. The zero-order chi connectivity index (χ0) is 37.1. The maximum absolute atomic E-state index is 14.4. The average Bonchev–Trinajstić information content (AvgIpc) is 3.22. The van der Waals surface area contributed by atoms with Crippen LogP contribution < -0.4 is 25.6 Å². The van der Waals surface area contributed by atoms with Gasteiger partial charge in [0.1, 0.15) is 11.6 Å². The second-order valence-electron chi connectivity index (χ2n) is 11.6. The summed E-state index contributed by atoms with van der Waals surface area (Å²) in [7, 11) is -4.10. The van der Waals surface area contributed by atoms with E-state index in [0.717, 1.165) is 30.4 Å². The number of benzene rings is 1. The first-order valence-electron chi connectivity index (χ1n) is 14.9. The van der Waals surface area contributed by atoms with Crippen LogP contribution in [0, 0.1) is 18.2 Å². The Kier molecular flexibility index (Phi) is 15.4. The monoisotopic (exact) mass is 745 g/mol. The molecule has 0 spiro atoms. The van der Waals surface area contributed by atoms with E-state index in [4.69, 9.17) is 49.3 Å². The van der Waals surface area contributed by atoms with Crippen molar-refractivity contribution in [2.75, 3.05) is 34.9 Å². The van der Waals surface area contributed by atoms with Crippen molar-refractivity contribution in [3.8, 4) is 18.1 Å². The molecule has 6 N–H and O–H groups in total. The Morgan fingerprint density at radius 2 is 1.69 bits per heavy atom. The van der Waals surface area contributed by atoms with E-state index in [2.05, 4.69) is 36.8 Å². The van der Waals surface area contributed by atoms with Gasteiger partial charge in [-0.25, -0.2) is 9.29 Å². The Balaban J connectivity index is 0.000000285. The van der Waals surface area contributed by atoms with Gasteiger partial charge >= 0.3 is 13.6 Å². The molecule has 1 aliphatic carbocycles. The van der Waals surface area contributed by atoms with Crippen LogP contribution in [0.3, 0.4) is 0 Å². The molecule has 2 aliphatic rings. The molecule has 1 aromatic heterocycles. The summed E-state index contributed by atoms with van der Waals surface area (Å²) in [6, 6.07) is 2.27. The van der Waals surface area contributed by atoms with Gasteiger partial charge in [-0.3, -0.25) is 24.3 Å². The second kappa shape index (κ2) is 18.2. The summed E-state index contributed by atoms with van der Waals surface area (Å²) in [5.74, 6) is 0.637. The zero-order valence-corrected chi connectivity index (χ0v) is 29.9. The summed E-state index contributed by atoms with van der Waals surface area (Å²) < 4.78 is 29.9. The van der Waals surface area contributed by atoms with Gasteiger partial charge in [0.15, 0.2) is 6.10 Å². The topological polar surface area (TPSA) is 216 Å². The molecular formula is C30H39Cl2FN7O8P. The lowest BCUT2D eigenvalue weighted by molar-refractivity contribution is -0.136. The first kappa shape index (κ1) is 41.3. The van der Waals surface area contributed by atoms with Crippen LogP contribution in [0.5, 0.6) is 5.75 Å². The van der Waals surface area contributed by atoms with Crippen molar-refractivity contribution in [3.63, 3.8) is 0 Å². The van der Waals surface area contributed by atoms with Crippen molar-refractivity contribution >= 4 is 66.2 Å². The summed E-state index contributed by atoms with van der Waals surface area (Å²) in [4.78, 5) is 64.2. The summed E-state index contributed by atoms with van der Waals surface area (Å²) >= 11 is 11.7. The number of halogens is 3. The van der Waals surface area contributed by atoms with Gasteiger partial charge in [-0.1, -0.05) is 17.5 Å². The number of anilines is 3. The van der Waals surface area contributed by atoms with Gasteiger partial charge in [-0.05, 0) is 78.0 Å². The number of amides is 2. The number of carboxylic acid groups (broad SMARTS) is 1. The molecule has 268 valence electrons. The number of aromatic nitrogens is 3. The first-order chi connectivity index (χ1) is 22.8. The molecule has 2 heterocycles. The van der Waals surface area contributed by atoms with Gasteiger partial charge in [-0.15, -0.1) is 6.42 Å². The minimum absolute atomic E-state index is 0.0233. The average molecular weight is 747 g/mol. The smallest absolute Gasteiger partial charge is 0.339 e. The number of imide groups is 1. The molecule has 0 saturated carbocycles. The standard InChI is InChI=1S/C18H15ClFNO3.C9H16ClN5.C3H8NO5P/c1-3-10(2)24-16-9-15(14(20)8-13(16)19)21-17(22)11-6-4-5-7-12(11)18(21)23;1-5-11-7-12-6(10)13-8(14-7)15-9(2,3)4;5-3(6)1-4-2-10(7,8)9/h1,8-10H,4-7H2,2H3;5H2,1-4H3,(H2,11,12,13,14,15);4H,1-2H2,(H,5,6)(H2,7,8,9). The van der Waals surface area contributed by atoms with E-state index in [1.165, 1.54) is 6.07 Å². The predicted octanol–water partition coefficient (Wildman–Crippen LogP) is 4.59. The molecule has 15 nitrogen and oxygen atoms in total. The fourth-order valence-corrected chi connectivity index (χ4v) is 5.01. The van der Waals surface area contributed by atoms with Crippen molar-refractivity contribution in [2.45, 2.75) is 71.9 Å². The second-order valence-corrected chi connectivity index (χ2v) is 14.0. The summed E-state index contributed by atoms with van der Waals surface area (Å²) in [6.07, 6.45) is 6.87. The third-order valence-corrected chi connectivity index (χ3v) is 7.29. The van der Waals surface area contributed by atoms with E-state index in [0.29, 0.717) is 35.9 Å². The Labute approximate surface area is 293 Å². The molecule has 1 aromatic carbocycles. The van der Waals surface area contributed by atoms with E-state index >= 15 is 0 Å². The van der Waals surface area contributed by atoms with Crippen LogP contribution in [-0.2, 0) is 18.9 Å². The molecule has 0 bridgehead atoms. The summed E-state index contributed by atoms with van der Waals surface area (Å²) in [5.41, 5.74) is 0.705. The van der Waals surface area contributed by atoms with Crippen LogP contribution in [0.2, 0.25) is 10.3 Å². The van der Waals surface area contributed by atoms with E-state index in [-0.39, 0.29) is 27.3 Å². The maximum Gasteiger partial charge on any atom is 0.339 e. The Morgan fingerprint density at radius 3 is 2.18 bits per heavy atom. The van der Waals surface area contributed by atoms with Crippen LogP contribution in [0.25, 0.3) is 0 Å². The molecule has 0 saturated heterocycles. The normalized spacial score (nSPS) is 14.8. The number of aliphatic carboxylic acids is 1. The van der Waals surface area contributed by atoms with Crippen molar-refractivity contribution in [3.05, 3.63) is 39.4 Å². The highest BCUT2D eigenvalue weighted by Crippen LogP contribution is 2.39. The predicted molar refractivity (Wildman–Crippen MR) is 183 cm³/mol. The number of terminal acetylenes is 1. The largest absolute Gasteiger partial charge is 0.480 e. The number of carboxylic acids is 1. The Morgan fingerprint density at radius 1 is 1.12 bits per heavy atom. The fourth-order valence-electron chi connectivity index (χ4n) is 4.25. The number of hydrogen-bond acceptors (Lipinski definition) is 11. The van der Waals surface area contributed by atoms with E-state index < -0.39 is 50.1 Å². The van der Waals surface area contributed by atoms with Crippen molar-refractivity contribution in [2.24, 2.45) is 0 Å². The number of rotatable bonds is 10. The number of ether oxygens (including phenoxy) is 1. The maximum atomic E-state index is 14.4. The van der Waals surface area contributed by atoms with Gasteiger partial charge in [0, 0.05) is 29.3 Å². The Hall–Kier alpha value is -3.84. The van der Waals surface area contributed by atoms with E-state index in [1.54, 1.807) is 6.92 Å². The number of hydrogen-bond donors (Lipinski definition) is 6. The molecule has 0 fully saturated rings. The van der Waals surface area contributed by atoms with Gasteiger partial charge < -0.3 is 30.3 Å². The zero-order valence-electron chi connectivity index (χ0n) is 27.5. The summed E-state index contributed by atoms with van der Waals surface area (Å²) in [5, 5.41) is 16.4. The van der Waals surface area contributed by atoms with Crippen LogP contribution in [0.4, 0.5) is 22.0 Å². The first-order valence-corrected chi connectivity index (χ1v) is 17.4. The highest BCUT2D eigenvalue weighted by atomic mass is 35.5. The lowest BCUT2D eigenvalue weighted by Gasteiger charge is -2.20. The summed E-state index contributed by atoms with van der Waals surface area (Å²) in [6.45, 7) is 9.98.